The molecule has 1 rings (SSSR count). The lowest BCUT2D eigenvalue weighted by Crippen LogP contribution is -2.28. The Labute approximate surface area is 110 Å². The number of nitrogens with one attached hydrogen (secondary N) is 1. The molecule has 0 saturated heterocycles. The van der Waals surface area contributed by atoms with Gasteiger partial charge in [0.2, 0.25) is 0 Å². The minimum absolute atomic E-state index is 0.164. The molecule has 0 bridgehead atoms. The van der Waals surface area contributed by atoms with Crippen LogP contribution in [0, 0.1) is 0 Å². The van der Waals surface area contributed by atoms with E-state index < -0.39 is 11.7 Å². The number of hydrazine groups is 1. The van der Waals surface area contributed by atoms with Gasteiger partial charge in [0.15, 0.2) is 0 Å². The van der Waals surface area contributed by atoms with Crippen LogP contribution in [0.4, 0.5) is 13.2 Å². The van der Waals surface area contributed by atoms with Gasteiger partial charge in [0, 0.05) is 19.3 Å². The van der Waals surface area contributed by atoms with Gasteiger partial charge in [-0.3, -0.25) is 11.3 Å². The third kappa shape index (κ3) is 5.18. The minimum Gasteiger partial charge on any atom is -0.382 e. The van der Waals surface area contributed by atoms with Crippen molar-refractivity contribution in [2.24, 2.45) is 5.84 Å². The van der Waals surface area contributed by atoms with Gasteiger partial charge in [-0.25, -0.2) is 0 Å². The Bertz CT molecular complexity index is 365. The molecule has 0 aliphatic heterocycles. The average molecular weight is 276 g/mol. The number of ether oxygens (including phenoxy) is 1. The lowest BCUT2D eigenvalue weighted by molar-refractivity contribution is -0.137. The molecule has 3 N–H and O–H groups in total. The molecule has 0 aromatic heterocycles. The number of rotatable bonds is 7. The highest BCUT2D eigenvalue weighted by Gasteiger charge is 2.30. The van der Waals surface area contributed by atoms with Crippen LogP contribution in [0.3, 0.4) is 0 Å². The molecule has 1 unspecified atom stereocenters. The van der Waals surface area contributed by atoms with Crippen molar-refractivity contribution in [1.82, 2.24) is 5.43 Å². The SMILES string of the molecule is CCOCCCC(NN)c1ccc(C(F)(F)F)cc1. The van der Waals surface area contributed by atoms with Gasteiger partial charge in [0.1, 0.15) is 0 Å². The lowest BCUT2D eigenvalue weighted by atomic mass is 10.0. The third-order valence-electron chi connectivity index (χ3n) is 2.83. The number of nitrogens with two attached hydrogens (primary N) is 1. The molecule has 1 atom stereocenters. The number of halogens is 3. The second-order valence-electron chi connectivity index (χ2n) is 4.18. The standard InChI is InChI=1S/C13H19F3N2O/c1-2-19-9-3-4-12(18-17)10-5-7-11(8-6-10)13(14,15)16/h5-8,12,18H,2-4,9,17H2,1H3. The average Bonchev–Trinajstić information content (AvgIpc) is 2.38. The normalized spacial score (nSPS) is 13.5. The topological polar surface area (TPSA) is 47.3 Å². The zero-order valence-corrected chi connectivity index (χ0v) is 10.8. The summed E-state index contributed by atoms with van der Waals surface area (Å²) in [6, 6.07) is 4.88. The van der Waals surface area contributed by atoms with Crippen molar-refractivity contribution >= 4 is 0 Å². The highest BCUT2D eigenvalue weighted by atomic mass is 19.4. The molecule has 0 fully saturated rings. The fourth-order valence-corrected chi connectivity index (χ4v) is 1.78. The van der Waals surface area contributed by atoms with Crippen molar-refractivity contribution in [3.05, 3.63) is 35.4 Å². The summed E-state index contributed by atoms with van der Waals surface area (Å²) in [7, 11) is 0. The molecule has 108 valence electrons. The number of hydrogen-bond acceptors (Lipinski definition) is 3. The van der Waals surface area contributed by atoms with Crippen LogP contribution >= 0.6 is 0 Å². The van der Waals surface area contributed by atoms with E-state index in [0.717, 1.165) is 24.1 Å². The Morgan fingerprint density at radius 3 is 2.37 bits per heavy atom. The van der Waals surface area contributed by atoms with Crippen LogP contribution in [0.15, 0.2) is 24.3 Å². The van der Waals surface area contributed by atoms with Crippen LogP contribution in [0.25, 0.3) is 0 Å². The maximum absolute atomic E-state index is 12.4. The van der Waals surface area contributed by atoms with E-state index in [1.165, 1.54) is 12.1 Å². The summed E-state index contributed by atoms with van der Waals surface area (Å²) in [5.74, 6) is 5.43. The second kappa shape index (κ2) is 7.47. The Balaban J connectivity index is 2.61. The van der Waals surface area contributed by atoms with E-state index in [0.29, 0.717) is 19.6 Å². The van der Waals surface area contributed by atoms with Crippen molar-refractivity contribution in [2.45, 2.75) is 32.0 Å². The first-order valence-corrected chi connectivity index (χ1v) is 6.20. The predicted molar refractivity (Wildman–Crippen MR) is 67.2 cm³/mol. The number of alkyl halides is 3. The summed E-state index contributed by atoms with van der Waals surface area (Å²) in [4.78, 5) is 0. The first-order valence-electron chi connectivity index (χ1n) is 6.20. The predicted octanol–water partition coefficient (Wildman–Crippen LogP) is 3.03. The van der Waals surface area contributed by atoms with Crippen molar-refractivity contribution < 1.29 is 17.9 Å². The molecule has 0 heterocycles. The molecule has 0 saturated carbocycles. The van der Waals surface area contributed by atoms with E-state index in [9.17, 15) is 13.2 Å². The molecule has 0 amide bonds. The van der Waals surface area contributed by atoms with Crippen molar-refractivity contribution in [2.75, 3.05) is 13.2 Å². The van der Waals surface area contributed by atoms with Gasteiger partial charge in [-0.2, -0.15) is 13.2 Å². The maximum Gasteiger partial charge on any atom is 0.416 e. The molecule has 0 aliphatic rings. The fourth-order valence-electron chi connectivity index (χ4n) is 1.78. The van der Waals surface area contributed by atoms with E-state index in [2.05, 4.69) is 5.43 Å². The zero-order valence-electron chi connectivity index (χ0n) is 10.8. The van der Waals surface area contributed by atoms with Crippen LogP contribution in [0.5, 0.6) is 0 Å². The molecule has 0 aliphatic carbocycles. The van der Waals surface area contributed by atoms with Gasteiger partial charge in [0.05, 0.1) is 5.56 Å². The molecule has 1 aromatic rings. The number of hydrogen-bond donors (Lipinski definition) is 2. The number of benzene rings is 1. The lowest BCUT2D eigenvalue weighted by Gasteiger charge is -2.17. The summed E-state index contributed by atoms with van der Waals surface area (Å²) in [5, 5.41) is 0. The van der Waals surface area contributed by atoms with Crippen LogP contribution in [-0.2, 0) is 10.9 Å². The molecule has 0 spiro atoms. The fraction of sp³-hybridized carbons (Fsp3) is 0.538. The van der Waals surface area contributed by atoms with E-state index >= 15 is 0 Å². The summed E-state index contributed by atoms with van der Waals surface area (Å²) < 4.78 is 42.5. The Morgan fingerprint density at radius 1 is 1.26 bits per heavy atom. The van der Waals surface area contributed by atoms with E-state index in [1.54, 1.807) is 0 Å². The first kappa shape index (κ1) is 15.9. The minimum atomic E-state index is -4.31. The molecule has 3 nitrogen and oxygen atoms in total. The second-order valence-corrected chi connectivity index (χ2v) is 4.18. The van der Waals surface area contributed by atoms with E-state index in [4.69, 9.17) is 10.6 Å². The molecule has 0 radical (unpaired) electrons. The van der Waals surface area contributed by atoms with Crippen LogP contribution < -0.4 is 11.3 Å². The first-order chi connectivity index (χ1) is 8.99. The quantitative estimate of drug-likeness (QED) is 0.457. The molecule has 6 heteroatoms. The van der Waals surface area contributed by atoms with Crippen LogP contribution in [-0.4, -0.2) is 13.2 Å². The van der Waals surface area contributed by atoms with Crippen LogP contribution in [0.1, 0.15) is 36.9 Å². The van der Waals surface area contributed by atoms with Gasteiger partial charge in [-0.1, -0.05) is 12.1 Å². The van der Waals surface area contributed by atoms with Crippen molar-refractivity contribution in [3.8, 4) is 0 Å². The van der Waals surface area contributed by atoms with E-state index in [1.807, 2.05) is 6.92 Å². The zero-order chi connectivity index (χ0) is 14.3. The van der Waals surface area contributed by atoms with Gasteiger partial charge >= 0.3 is 6.18 Å². The monoisotopic (exact) mass is 276 g/mol. The highest BCUT2D eigenvalue weighted by molar-refractivity contribution is 5.26. The third-order valence-corrected chi connectivity index (χ3v) is 2.83. The summed E-state index contributed by atoms with van der Waals surface area (Å²) in [5.41, 5.74) is 2.71. The molecule has 1 aromatic carbocycles. The molecular formula is C13H19F3N2O. The van der Waals surface area contributed by atoms with Crippen molar-refractivity contribution in [1.29, 1.82) is 0 Å². The Hall–Kier alpha value is -1.11. The van der Waals surface area contributed by atoms with Gasteiger partial charge in [-0.05, 0) is 37.5 Å². The summed E-state index contributed by atoms with van der Waals surface area (Å²) in [6.45, 7) is 3.19. The van der Waals surface area contributed by atoms with E-state index in [-0.39, 0.29) is 6.04 Å². The largest absolute Gasteiger partial charge is 0.416 e. The Kier molecular flexibility index (Phi) is 6.27. The van der Waals surface area contributed by atoms with Crippen LogP contribution in [0.2, 0.25) is 0 Å². The highest BCUT2D eigenvalue weighted by Crippen LogP contribution is 2.30. The smallest absolute Gasteiger partial charge is 0.382 e. The summed E-state index contributed by atoms with van der Waals surface area (Å²) in [6.07, 6.45) is -2.80. The van der Waals surface area contributed by atoms with Gasteiger partial charge in [-0.15, -0.1) is 0 Å². The Morgan fingerprint density at radius 2 is 1.89 bits per heavy atom. The van der Waals surface area contributed by atoms with Crippen molar-refractivity contribution in [3.63, 3.8) is 0 Å². The van der Waals surface area contributed by atoms with Gasteiger partial charge < -0.3 is 4.74 Å². The molecule has 19 heavy (non-hydrogen) atoms. The molecular weight excluding hydrogens is 257 g/mol. The maximum atomic E-state index is 12.4. The summed E-state index contributed by atoms with van der Waals surface area (Å²) >= 11 is 0. The van der Waals surface area contributed by atoms with Gasteiger partial charge in [0.25, 0.3) is 0 Å².